The topological polar surface area (TPSA) is 71.2 Å². The molecular formula is C25H39N3O4. The monoisotopic (exact) mass is 445 g/mol. The summed E-state index contributed by atoms with van der Waals surface area (Å²) in [5.74, 6) is 1.59. The highest BCUT2D eigenvalue weighted by atomic mass is 16.5. The quantitative estimate of drug-likeness (QED) is 0.533. The maximum Gasteiger partial charge on any atom is 0.232 e. The van der Waals surface area contributed by atoms with Crippen LogP contribution in [0, 0.1) is 5.92 Å². The number of benzene rings is 1. The van der Waals surface area contributed by atoms with Gasteiger partial charge >= 0.3 is 0 Å². The lowest BCUT2D eigenvalue weighted by Crippen LogP contribution is -2.38. The van der Waals surface area contributed by atoms with E-state index in [0.717, 1.165) is 54.6 Å². The molecule has 1 atom stereocenters. The maximum atomic E-state index is 10.6. The highest BCUT2D eigenvalue weighted by Gasteiger charge is 2.27. The number of nitrogens with zero attached hydrogens (tertiary/aromatic N) is 3. The van der Waals surface area contributed by atoms with E-state index in [4.69, 9.17) is 14.0 Å². The maximum absolute atomic E-state index is 10.6. The smallest absolute Gasteiger partial charge is 0.232 e. The van der Waals surface area contributed by atoms with Crippen LogP contribution in [0.1, 0.15) is 39.2 Å². The fourth-order valence-corrected chi connectivity index (χ4v) is 4.06. The Morgan fingerprint density at radius 3 is 2.59 bits per heavy atom. The number of rotatable bonds is 12. The van der Waals surface area contributed by atoms with Crippen LogP contribution in [0.2, 0.25) is 0 Å². The zero-order valence-corrected chi connectivity index (χ0v) is 20.0. The molecule has 0 saturated carbocycles. The Balaban J connectivity index is 1.84. The minimum atomic E-state index is -0.575. The number of aliphatic hydroxyl groups is 1. The standard InChI is InChI=1S/C25H39N3O4/c1-19(2)31-18-22(29)16-27(14-15-30-4)17-23-24(21-8-6-5-7-9-21)26-32-25(23)28-12-10-20(3)11-13-28/h5-9,19-20,22,29H,10-18H2,1-4H3/t22-/m0/s1. The normalized spacial score (nSPS) is 16.3. The first-order valence-electron chi connectivity index (χ1n) is 11.8. The number of hydrogen-bond donors (Lipinski definition) is 1. The van der Waals surface area contributed by atoms with E-state index in [2.05, 4.69) is 34.0 Å². The average Bonchev–Trinajstić information content (AvgIpc) is 3.20. The van der Waals surface area contributed by atoms with Gasteiger partial charge in [-0.3, -0.25) is 4.90 Å². The van der Waals surface area contributed by atoms with E-state index in [1.54, 1.807) is 7.11 Å². The van der Waals surface area contributed by atoms with Gasteiger partial charge in [0, 0.05) is 45.4 Å². The van der Waals surface area contributed by atoms with E-state index in [0.29, 0.717) is 32.8 Å². The fraction of sp³-hybridized carbons (Fsp3) is 0.640. The van der Waals surface area contributed by atoms with Gasteiger partial charge in [0.1, 0.15) is 5.69 Å². The molecule has 1 aromatic carbocycles. The highest BCUT2D eigenvalue weighted by Crippen LogP contribution is 2.34. The number of anilines is 1. The summed E-state index contributed by atoms with van der Waals surface area (Å²) in [5, 5.41) is 15.1. The molecule has 1 N–H and O–H groups in total. The number of aliphatic hydroxyl groups excluding tert-OH is 1. The number of aromatic nitrogens is 1. The van der Waals surface area contributed by atoms with Crippen LogP contribution in [0.3, 0.4) is 0 Å². The van der Waals surface area contributed by atoms with Crippen molar-refractivity contribution in [1.29, 1.82) is 0 Å². The number of methoxy groups -OCH3 is 1. The summed E-state index contributed by atoms with van der Waals surface area (Å²) in [6.07, 6.45) is 1.82. The second-order valence-corrected chi connectivity index (χ2v) is 9.11. The molecule has 0 unspecified atom stereocenters. The van der Waals surface area contributed by atoms with Crippen molar-refractivity contribution in [3.05, 3.63) is 35.9 Å². The lowest BCUT2D eigenvalue weighted by atomic mass is 9.98. The SMILES string of the molecule is COCCN(Cc1c(-c2ccccc2)noc1N1CCC(C)CC1)C[C@H](O)COC(C)C. The molecular weight excluding hydrogens is 406 g/mol. The molecule has 1 saturated heterocycles. The molecule has 0 bridgehead atoms. The minimum Gasteiger partial charge on any atom is -0.389 e. The van der Waals surface area contributed by atoms with Gasteiger partial charge in [-0.2, -0.15) is 0 Å². The summed E-state index contributed by atoms with van der Waals surface area (Å²) in [6.45, 7) is 10.9. The van der Waals surface area contributed by atoms with Gasteiger partial charge in [-0.1, -0.05) is 42.4 Å². The first-order chi connectivity index (χ1) is 15.5. The summed E-state index contributed by atoms with van der Waals surface area (Å²) in [6, 6.07) is 10.2. The molecule has 0 aliphatic carbocycles. The second kappa shape index (κ2) is 12.3. The second-order valence-electron chi connectivity index (χ2n) is 9.11. The van der Waals surface area contributed by atoms with Gasteiger partial charge in [-0.05, 0) is 32.6 Å². The predicted octanol–water partition coefficient (Wildman–Crippen LogP) is 3.81. The van der Waals surface area contributed by atoms with Crippen LogP contribution in [-0.4, -0.2) is 73.9 Å². The van der Waals surface area contributed by atoms with E-state index < -0.39 is 6.10 Å². The van der Waals surface area contributed by atoms with Crippen molar-refractivity contribution < 1.29 is 19.1 Å². The van der Waals surface area contributed by atoms with Crippen LogP contribution >= 0.6 is 0 Å². The largest absolute Gasteiger partial charge is 0.389 e. The van der Waals surface area contributed by atoms with Crippen molar-refractivity contribution in [2.24, 2.45) is 5.92 Å². The molecule has 7 nitrogen and oxygen atoms in total. The van der Waals surface area contributed by atoms with Gasteiger partial charge < -0.3 is 24.0 Å². The van der Waals surface area contributed by atoms with Crippen LogP contribution in [0.5, 0.6) is 0 Å². The van der Waals surface area contributed by atoms with E-state index in [1.165, 1.54) is 0 Å². The molecule has 3 rings (SSSR count). The fourth-order valence-electron chi connectivity index (χ4n) is 4.06. The predicted molar refractivity (Wildman–Crippen MR) is 127 cm³/mol. The Kier molecular flexibility index (Phi) is 9.53. The van der Waals surface area contributed by atoms with Gasteiger partial charge in [0.15, 0.2) is 0 Å². The van der Waals surface area contributed by atoms with Crippen LogP contribution in [-0.2, 0) is 16.0 Å². The van der Waals surface area contributed by atoms with Gasteiger partial charge in [0.05, 0.1) is 31.0 Å². The Morgan fingerprint density at radius 1 is 1.22 bits per heavy atom. The molecule has 1 aromatic heterocycles. The Morgan fingerprint density at radius 2 is 1.94 bits per heavy atom. The Labute approximate surface area is 192 Å². The molecule has 0 amide bonds. The van der Waals surface area contributed by atoms with Gasteiger partial charge in [0.2, 0.25) is 5.88 Å². The van der Waals surface area contributed by atoms with Gasteiger partial charge in [0.25, 0.3) is 0 Å². The molecule has 178 valence electrons. The zero-order chi connectivity index (χ0) is 22.9. The third kappa shape index (κ3) is 7.04. The van der Waals surface area contributed by atoms with Crippen LogP contribution in [0.15, 0.2) is 34.9 Å². The lowest BCUT2D eigenvalue weighted by Gasteiger charge is -2.31. The van der Waals surface area contributed by atoms with E-state index >= 15 is 0 Å². The highest BCUT2D eigenvalue weighted by molar-refractivity contribution is 5.68. The molecule has 1 aliphatic rings. The first-order valence-corrected chi connectivity index (χ1v) is 11.8. The van der Waals surface area contributed by atoms with Crippen molar-refractivity contribution in [3.63, 3.8) is 0 Å². The van der Waals surface area contributed by atoms with Crippen molar-refractivity contribution in [3.8, 4) is 11.3 Å². The molecule has 2 heterocycles. The Bertz CT molecular complexity index is 788. The van der Waals surface area contributed by atoms with Crippen LogP contribution < -0.4 is 4.90 Å². The van der Waals surface area contributed by atoms with Crippen LogP contribution in [0.25, 0.3) is 11.3 Å². The first kappa shape index (κ1) is 24.7. The Hall–Kier alpha value is -1.93. The number of ether oxygens (including phenoxy) is 2. The van der Waals surface area contributed by atoms with E-state index in [-0.39, 0.29) is 6.10 Å². The summed E-state index contributed by atoms with van der Waals surface area (Å²) >= 11 is 0. The van der Waals surface area contributed by atoms with E-state index in [9.17, 15) is 5.11 Å². The van der Waals surface area contributed by atoms with Crippen molar-refractivity contribution in [2.45, 2.75) is 52.4 Å². The summed E-state index contributed by atoms with van der Waals surface area (Å²) in [5.41, 5.74) is 2.98. The summed E-state index contributed by atoms with van der Waals surface area (Å²) in [7, 11) is 1.70. The third-order valence-electron chi connectivity index (χ3n) is 5.97. The number of piperidine rings is 1. The minimum absolute atomic E-state index is 0.0907. The lowest BCUT2D eigenvalue weighted by molar-refractivity contribution is -0.0121. The molecule has 0 radical (unpaired) electrons. The molecule has 7 heteroatoms. The number of hydrogen-bond acceptors (Lipinski definition) is 7. The summed E-state index contributed by atoms with van der Waals surface area (Å²) < 4.78 is 16.9. The van der Waals surface area contributed by atoms with Gasteiger partial charge in [-0.25, -0.2) is 0 Å². The van der Waals surface area contributed by atoms with Crippen molar-refractivity contribution >= 4 is 5.88 Å². The van der Waals surface area contributed by atoms with E-state index in [1.807, 2.05) is 32.0 Å². The van der Waals surface area contributed by atoms with Crippen LogP contribution in [0.4, 0.5) is 5.88 Å². The zero-order valence-electron chi connectivity index (χ0n) is 20.0. The van der Waals surface area contributed by atoms with Crippen molar-refractivity contribution in [1.82, 2.24) is 10.1 Å². The molecule has 32 heavy (non-hydrogen) atoms. The molecule has 1 fully saturated rings. The van der Waals surface area contributed by atoms with Gasteiger partial charge in [-0.15, -0.1) is 0 Å². The van der Waals surface area contributed by atoms with Crippen molar-refractivity contribution in [2.75, 3.05) is 51.4 Å². The third-order valence-corrected chi connectivity index (χ3v) is 5.97. The average molecular weight is 446 g/mol. The molecule has 1 aliphatic heterocycles. The molecule has 2 aromatic rings. The summed E-state index contributed by atoms with van der Waals surface area (Å²) in [4.78, 5) is 4.52. The molecule has 0 spiro atoms.